The third-order valence-electron chi connectivity index (χ3n) is 4.13. The van der Waals surface area contributed by atoms with Crippen molar-refractivity contribution >= 4 is 10.8 Å². The fraction of sp³-hybridized carbons (Fsp3) is 0.222. The Hall–Kier alpha value is -2.46. The topological polar surface area (TPSA) is 47.9 Å². The van der Waals surface area contributed by atoms with Gasteiger partial charge in [0.2, 0.25) is 6.79 Å². The SMILES string of the molecule is OC1c2c(ccc3ccccc23)OC2/C=C/OCO/C=C/C21. The molecule has 112 valence electrons. The van der Waals surface area contributed by atoms with E-state index in [-0.39, 0.29) is 18.8 Å². The lowest BCUT2D eigenvalue weighted by atomic mass is 9.85. The standard InChI is InChI=1S/C18H16O4/c19-18-14-7-9-20-11-21-10-8-15(14)22-16-6-5-12-3-1-2-4-13(12)17(16)18/h1-10,14-15,18-19H,11H2/b9-7+,10-8+. The van der Waals surface area contributed by atoms with Gasteiger partial charge in [0.05, 0.1) is 24.5 Å². The van der Waals surface area contributed by atoms with E-state index in [9.17, 15) is 5.11 Å². The van der Waals surface area contributed by atoms with Crippen LogP contribution in [0, 0.1) is 5.92 Å². The third-order valence-corrected chi connectivity index (χ3v) is 4.13. The van der Waals surface area contributed by atoms with Crippen LogP contribution >= 0.6 is 0 Å². The van der Waals surface area contributed by atoms with Gasteiger partial charge in [0.15, 0.2) is 0 Å². The van der Waals surface area contributed by atoms with Crippen LogP contribution in [-0.2, 0) is 9.47 Å². The van der Waals surface area contributed by atoms with Gasteiger partial charge in [-0.3, -0.25) is 0 Å². The zero-order valence-corrected chi connectivity index (χ0v) is 11.9. The minimum atomic E-state index is -0.664. The van der Waals surface area contributed by atoms with E-state index >= 15 is 0 Å². The van der Waals surface area contributed by atoms with Crippen LogP contribution in [0.4, 0.5) is 0 Å². The molecule has 0 bridgehead atoms. The Kier molecular flexibility index (Phi) is 3.24. The fourth-order valence-corrected chi connectivity index (χ4v) is 3.06. The quantitative estimate of drug-likeness (QED) is 0.810. The first-order chi connectivity index (χ1) is 10.8. The molecule has 2 aliphatic heterocycles. The number of aliphatic hydroxyl groups is 1. The summed E-state index contributed by atoms with van der Waals surface area (Å²) in [6, 6.07) is 11.9. The molecule has 2 aromatic rings. The first-order valence-corrected chi connectivity index (χ1v) is 7.27. The Morgan fingerprint density at radius 1 is 0.955 bits per heavy atom. The van der Waals surface area contributed by atoms with Crippen LogP contribution in [0.2, 0.25) is 0 Å². The highest BCUT2D eigenvalue weighted by atomic mass is 16.7. The summed E-state index contributed by atoms with van der Waals surface area (Å²) in [5.41, 5.74) is 0.831. The zero-order chi connectivity index (χ0) is 14.9. The molecule has 4 rings (SSSR count). The maximum Gasteiger partial charge on any atom is 0.229 e. The van der Waals surface area contributed by atoms with Crippen LogP contribution in [0.1, 0.15) is 11.7 Å². The second-order valence-corrected chi connectivity index (χ2v) is 5.41. The van der Waals surface area contributed by atoms with E-state index in [0.29, 0.717) is 5.75 Å². The average molecular weight is 296 g/mol. The fourth-order valence-electron chi connectivity index (χ4n) is 3.06. The highest BCUT2D eigenvalue weighted by Crippen LogP contribution is 2.43. The number of hydrogen-bond donors (Lipinski definition) is 1. The van der Waals surface area contributed by atoms with Gasteiger partial charge in [-0.2, -0.15) is 0 Å². The Morgan fingerprint density at radius 3 is 2.68 bits per heavy atom. The van der Waals surface area contributed by atoms with Gasteiger partial charge in [-0.1, -0.05) is 30.3 Å². The molecule has 0 fully saturated rings. The zero-order valence-electron chi connectivity index (χ0n) is 11.9. The average Bonchev–Trinajstić information content (AvgIpc) is 2.66. The molecule has 2 aliphatic rings. The summed E-state index contributed by atoms with van der Waals surface area (Å²) in [7, 11) is 0. The number of ether oxygens (including phenoxy) is 3. The Bertz CT molecular complexity index is 750. The molecular weight excluding hydrogens is 280 g/mol. The lowest BCUT2D eigenvalue weighted by molar-refractivity contribution is 0.0435. The van der Waals surface area contributed by atoms with Crippen molar-refractivity contribution in [2.75, 3.05) is 6.79 Å². The van der Waals surface area contributed by atoms with Gasteiger partial charge < -0.3 is 19.3 Å². The molecule has 0 aliphatic carbocycles. The Morgan fingerprint density at radius 2 is 1.77 bits per heavy atom. The van der Waals surface area contributed by atoms with E-state index in [0.717, 1.165) is 16.3 Å². The highest BCUT2D eigenvalue weighted by Gasteiger charge is 2.36. The summed E-state index contributed by atoms with van der Waals surface area (Å²) in [6.07, 6.45) is 5.81. The van der Waals surface area contributed by atoms with Gasteiger partial charge in [0.1, 0.15) is 11.9 Å². The van der Waals surface area contributed by atoms with Crippen LogP contribution < -0.4 is 4.74 Å². The van der Waals surface area contributed by atoms with Crippen molar-refractivity contribution in [3.05, 3.63) is 66.6 Å². The van der Waals surface area contributed by atoms with Crippen molar-refractivity contribution in [2.24, 2.45) is 5.92 Å². The summed E-state index contributed by atoms with van der Waals surface area (Å²) in [4.78, 5) is 0. The smallest absolute Gasteiger partial charge is 0.229 e. The molecule has 0 aromatic heterocycles. The third kappa shape index (κ3) is 2.12. The second kappa shape index (κ2) is 5.39. The van der Waals surface area contributed by atoms with Crippen LogP contribution in [0.25, 0.3) is 10.8 Å². The maximum absolute atomic E-state index is 10.9. The van der Waals surface area contributed by atoms with Gasteiger partial charge in [0.25, 0.3) is 0 Å². The van der Waals surface area contributed by atoms with E-state index < -0.39 is 6.10 Å². The molecule has 0 radical (unpaired) electrons. The molecule has 2 heterocycles. The van der Waals surface area contributed by atoms with E-state index in [2.05, 4.69) is 0 Å². The molecule has 1 N–H and O–H groups in total. The van der Waals surface area contributed by atoms with E-state index in [4.69, 9.17) is 14.2 Å². The number of aliphatic hydroxyl groups excluding tert-OH is 1. The Labute approximate surface area is 128 Å². The Balaban J connectivity index is 1.86. The summed E-state index contributed by atoms with van der Waals surface area (Å²) in [5, 5.41) is 13.0. The lowest BCUT2D eigenvalue weighted by Gasteiger charge is -2.34. The molecular formula is C18H16O4. The maximum atomic E-state index is 10.9. The molecule has 3 atom stereocenters. The van der Waals surface area contributed by atoms with Crippen molar-refractivity contribution in [3.63, 3.8) is 0 Å². The van der Waals surface area contributed by atoms with Crippen LogP contribution in [0.3, 0.4) is 0 Å². The molecule has 22 heavy (non-hydrogen) atoms. The molecule has 4 nitrogen and oxygen atoms in total. The van der Waals surface area contributed by atoms with E-state index in [1.807, 2.05) is 48.6 Å². The van der Waals surface area contributed by atoms with Gasteiger partial charge in [-0.25, -0.2) is 0 Å². The van der Waals surface area contributed by atoms with Crippen molar-refractivity contribution in [3.8, 4) is 5.75 Å². The van der Waals surface area contributed by atoms with Crippen LogP contribution in [-0.4, -0.2) is 18.0 Å². The molecule has 0 spiro atoms. The van der Waals surface area contributed by atoms with Gasteiger partial charge in [0, 0.05) is 5.56 Å². The number of fused-ring (bicyclic) bond motifs is 4. The molecule has 2 aromatic carbocycles. The van der Waals surface area contributed by atoms with Gasteiger partial charge in [-0.05, 0) is 29.0 Å². The second-order valence-electron chi connectivity index (χ2n) is 5.41. The molecule has 4 heteroatoms. The summed E-state index contributed by atoms with van der Waals surface area (Å²) < 4.78 is 16.5. The number of hydrogen-bond acceptors (Lipinski definition) is 4. The van der Waals surface area contributed by atoms with Crippen molar-refractivity contribution < 1.29 is 19.3 Å². The van der Waals surface area contributed by atoms with Crippen molar-refractivity contribution in [1.29, 1.82) is 0 Å². The number of benzene rings is 2. The summed E-state index contributed by atoms with van der Waals surface area (Å²) >= 11 is 0. The summed E-state index contributed by atoms with van der Waals surface area (Å²) in [6.45, 7) is 0.151. The van der Waals surface area contributed by atoms with E-state index in [1.165, 1.54) is 0 Å². The summed E-state index contributed by atoms with van der Waals surface area (Å²) in [5.74, 6) is 0.488. The minimum Gasteiger partial charge on any atom is -0.485 e. The molecule has 0 amide bonds. The normalized spacial score (nSPS) is 29.4. The van der Waals surface area contributed by atoms with Gasteiger partial charge in [-0.15, -0.1) is 0 Å². The predicted octanol–water partition coefficient (Wildman–Crippen LogP) is 3.28. The van der Waals surface area contributed by atoms with E-state index in [1.54, 1.807) is 12.5 Å². The monoisotopic (exact) mass is 296 g/mol. The molecule has 0 saturated carbocycles. The highest BCUT2D eigenvalue weighted by molar-refractivity contribution is 5.88. The minimum absolute atomic E-state index is 0.151. The number of rotatable bonds is 0. The van der Waals surface area contributed by atoms with Gasteiger partial charge >= 0.3 is 0 Å². The predicted molar refractivity (Wildman–Crippen MR) is 82.1 cm³/mol. The van der Waals surface area contributed by atoms with Crippen LogP contribution in [0.5, 0.6) is 5.75 Å². The first-order valence-electron chi connectivity index (χ1n) is 7.27. The van der Waals surface area contributed by atoms with Crippen LogP contribution in [0.15, 0.2) is 61.1 Å². The van der Waals surface area contributed by atoms with Crippen molar-refractivity contribution in [2.45, 2.75) is 12.2 Å². The first kappa shape index (κ1) is 13.2. The van der Waals surface area contributed by atoms with Crippen molar-refractivity contribution in [1.82, 2.24) is 0 Å². The molecule has 0 saturated heterocycles. The largest absolute Gasteiger partial charge is 0.485 e. The lowest BCUT2D eigenvalue weighted by Crippen LogP contribution is -2.33. The molecule has 3 unspecified atom stereocenters.